The number of morpholine rings is 1. The van der Waals surface area contributed by atoms with Crippen molar-refractivity contribution in [3.63, 3.8) is 0 Å². The van der Waals surface area contributed by atoms with E-state index >= 15 is 4.39 Å². The average molecular weight is 640 g/mol. The maximum atomic E-state index is 15.0. The predicted octanol–water partition coefficient (Wildman–Crippen LogP) is 3.03. The second-order valence-electron chi connectivity index (χ2n) is 11.4. The molecule has 47 heavy (non-hydrogen) atoms. The highest BCUT2D eigenvalue weighted by atomic mass is 19.1. The summed E-state index contributed by atoms with van der Waals surface area (Å²) in [4.78, 5) is 45.1. The Morgan fingerprint density at radius 1 is 0.830 bits per heavy atom. The number of carbonyl (C=O) groups excluding carboxylic acids is 1. The minimum absolute atomic E-state index is 0.0412. The second-order valence-corrected chi connectivity index (χ2v) is 11.4. The largest absolute Gasteiger partial charge is 0.399 e. The summed E-state index contributed by atoms with van der Waals surface area (Å²) in [6, 6.07) is 15.9. The molecule has 0 atom stereocenters. The minimum atomic E-state index is -0.622. The molecular weight excluding hydrogens is 608 g/mol. The summed E-state index contributed by atoms with van der Waals surface area (Å²) in [6.45, 7) is 3.51. The molecule has 3 aromatic carbocycles. The first-order valence-corrected chi connectivity index (χ1v) is 15.3. The zero-order valence-corrected chi connectivity index (χ0v) is 25.3. The lowest BCUT2D eigenvalue weighted by atomic mass is 10.0. The molecular formula is C33H31F2N9O3. The molecule has 7 rings (SSSR count). The number of piperazine rings is 1. The fourth-order valence-corrected chi connectivity index (χ4v) is 5.86. The number of fused-ring (bicyclic) bond motifs is 1. The van der Waals surface area contributed by atoms with E-state index in [9.17, 15) is 14.0 Å². The molecule has 4 heterocycles. The number of aromatic amines is 1. The number of hydrogen-bond acceptors (Lipinski definition) is 10. The van der Waals surface area contributed by atoms with Crippen LogP contribution in [0.1, 0.15) is 21.6 Å². The molecule has 0 aliphatic carbocycles. The third kappa shape index (κ3) is 6.19. The van der Waals surface area contributed by atoms with Crippen molar-refractivity contribution in [3.05, 3.63) is 99.5 Å². The summed E-state index contributed by atoms with van der Waals surface area (Å²) in [5.74, 6) is -0.656. The number of amides is 1. The summed E-state index contributed by atoms with van der Waals surface area (Å²) >= 11 is 0. The number of carbonyl (C=O) groups is 1. The van der Waals surface area contributed by atoms with Crippen molar-refractivity contribution >= 4 is 34.3 Å². The third-order valence-corrected chi connectivity index (χ3v) is 8.40. The molecule has 2 aliphatic rings. The van der Waals surface area contributed by atoms with Gasteiger partial charge in [0.05, 0.1) is 35.4 Å². The number of halogens is 2. The molecule has 0 radical (unpaired) electrons. The van der Waals surface area contributed by atoms with Gasteiger partial charge in [0.25, 0.3) is 11.5 Å². The van der Waals surface area contributed by atoms with E-state index in [-0.39, 0.29) is 22.5 Å². The molecule has 2 aromatic heterocycles. The smallest absolute Gasteiger partial charge is 0.272 e. The number of ether oxygens (including phenoxy) is 1. The lowest BCUT2D eigenvalue weighted by molar-refractivity contribution is 0.0741. The molecule has 1 amide bonds. The number of benzene rings is 3. The van der Waals surface area contributed by atoms with Crippen molar-refractivity contribution in [1.82, 2.24) is 30.0 Å². The highest BCUT2D eigenvalue weighted by Crippen LogP contribution is 2.27. The molecule has 12 nitrogen and oxygen atoms in total. The van der Waals surface area contributed by atoms with Crippen LogP contribution in [-0.2, 0) is 11.2 Å². The van der Waals surface area contributed by atoms with Gasteiger partial charge in [-0.1, -0.05) is 24.3 Å². The van der Waals surface area contributed by atoms with Crippen LogP contribution in [0.5, 0.6) is 0 Å². The van der Waals surface area contributed by atoms with Crippen LogP contribution in [0.2, 0.25) is 0 Å². The first kappa shape index (κ1) is 30.2. The van der Waals surface area contributed by atoms with E-state index in [4.69, 9.17) is 15.5 Å². The Bertz CT molecular complexity index is 2030. The number of nitrogen functional groups attached to an aromatic ring is 1. The van der Waals surface area contributed by atoms with Crippen molar-refractivity contribution in [2.45, 2.75) is 6.42 Å². The van der Waals surface area contributed by atoms with Gasteiger partial charge in [-0.15, -0.1) is 0 Å². The lowest BCUT2D eigenvalue weighted by Gasteiger charge is -2.35. The Morgan fingerprint density at radius 3 is 2.26 bits per heavy atom. The van der Waals surface area contributed by atoms with Crippen molar-refractivity contribution < 1.29 is 18.3 Å². The molecule has 14 heteroatoms. The van der Waals surface area contributed by atoms with Gasteiger partial charge in [0.1, 0.15) is 11.6 Å². The van der Waals surface area contributed by atoms with Crippen LogP contribution in [0.3, 0.4) is 0 Å². The topological polar surface area (TPSA) is 146 Å². The van der Waals surface area contributed by atoms with Gasteiger partial charge in [-0.2, -0.15) is 20.1 Å². The molecule has 0 unspecified atom stereocenters. The Labute approximate surface area is 267 Å². The number of anilines is 3. The molecule has 0 saturated carbocycles. The number of rotatable bonds is 6. The van der Waals surface area contributed by atoms with Crippen LogP contribution < -0.4 is 21.1 Å². The van der Waals surface area contributed by atoms with Crippen molar-refractivity contribution in [2.75, 3.05) is 68.0 Å². The molecule has 0 spiro atoms. The zero-order chi connectivity index (χ0) is 32.5. The number of nitrogens with zero attached hydrogens (tertiary/aromatic N) is 7. The third-order valence-electron chi connectivity index (χ3n) is 8.40. The van der Waals surface area contributed by atoms with E-state index in [1.807, 2.05) is 21.9 Å². The van der Waals surface area contributed by atoms with Crippen molar-refractivity contribution in [3.8, 4) is 11.4 Å². The zero-order valence-electron chi connectivity index (χ0n) is 25.3. The molecule has 240 valence electrons. The Morgan fingerprint density at radius 2 is 1.53 bits per heavy atom. The van der Waals surface area contributed by atoms with E-state index in [1.165, 1.54) is 12.1 Å². The number of hydrogen-bond donors (Lipinski definition) is 2. The average Bonchev–Trinajstić information content (AvgIpc) is 3.10. The van der Waals surface area contributed by atoms with Crippen molar-refractivity contribution in [2.24, 2.45) is 0 Å². The normalized spacial score (nSPS) is 15.3. The molecule has 2 fully saturated rings. The van der Waals surface area contributed by atoms with E-state index in [2.05, 4.69) is 20.2 Å². The van der Waals surface area contributed by atoms with Crippen LogP contribution >= 0.6 is 0 Å². The quantitative estimate of drug-likeness (QED) is 0.266. The maximum absolute atomic E-state index is 15.0. The van der Waals surface area contributed by atoms with E-state index in [0.29, 0.717) is 98.5 Å². The molecule has 3 N–H and O–H groups in total. The van der Waals surface area contributed by atoms with Crippen molar-refractivity contribution in [1.29, 1.82) is 0 Å². The van der Waals surface area contributed by atoms with Gasteiger partial charge in [0, 0.05) is 56.8 Å². The molecule has 5 aromatic rings. The van der Waals surface area contributed by atoms with E-state index in [0.717, 1.165) is 0 Å². The van der Waals surface area contributed by atoms with Gasteiger partial charge in [0.2, 0.25) is 11.9 Å². The first-order chi connectivity index (χ1) is 22.8. The summed E-state index contributed by atoms with van der Waals surface area (Å²) in [7, 11) is 0. The Hall–Kier alpha value is -5.50. The van der Waals surface area contributed by atoms with Crippen LogP contribution in [0.4, 0.5) is 26.4 Å². The predicted molar refractivity (Wildman–Crippen MR) is 172 cm³/mol. The lowest BCUT2D eigenvalue weighted by Crippen LogP contribution is -2.49. The van der Waals surface area contributed by atoms with Crippen LogP contribution in [0.25, 0.3) is 22.2 Å². The standard InChI is InChI=1S/C33H31F2N9O3/c34-26-8-5-20(18-28-22-3-1-2-4-23(22)30(45)41-40-28)17-25(26)31(46)42-9-11-43(12-10-42)32-37-29(24-7-6-21(36)19-27(24)35)38-33(39-32)44-13-15-47-16-14-44/h1-8,17,19H,9-16,18,36H2,(H,41,45). The molecule has 2 aliphatic heterocycles. The number of nitrogens with two attached hydrogens (primary N) is 1. The van der Waals surface area contributed by atoms with Crippen LogP contribution in [0, 0.1) is 11.6 Å². The fraction of sp³-hybridized carbons (Fsp3) is 0.273. The van der Waals surface area contributed by atoms with E-state index < -0.39 is 17.5 Å². The maximum Gasteiger partial charge on any atom is 0.272 e. The summed E-state index contributed by atoms with van der Waals surface area (Å²) < 4.78 is 35.5. The van der Waals surface area contributed by atoms with Gasteiger partial charge in [-0.3, -0.25) is 9.59 Å². The highest BCUT2D eigenvalue weighted by Gasteiger charge is 2.28. The van der Waals surface area contributed by atoms with Gasteiger partial charge in [-0.25, -0.2) is 13.9 Å². The SMILES string of the molecule is Nc1ccc(-c2nc(N3CCOCC3)nc(N3CCN(C(=O)c4cc(Cc5n[nH]c(=O)c6ccccc56)ccc4F)CC3)n2)c(F)c1. The minimum Gasteiger partial charge on any atom is -0.399 e. The van der Waals surface area contributed by atoms with Crippen LogP contribution in [0.15, 0.2) is 65.5 Å². The van der Waals surface area contributed by atoms with Gasteiger partial charge < -0.3 is 25.2 Å². The highest BCUT2D eigenvalue weighted by molar-refractivity contribution is 5.95. The van der Waals surface area contributed by atoms with Gasteiger partial charge >= 0.3 is 0 Å². The number of nitrogens with one attached hydrogen (secondary N) is 1. The first-order valence-electron chi connectivity index (χ1n) is 15.3. The second kappa shape index (κ2) is 12.7. The Balaban J connectivity index is 1.10. The fourth-order valence-electron chi connectivity index (χ4n) is 5.86. The monoisotopic (exact) mass is 639 g/mol. The summed E-state index contributed by atoms with van der Waals surface area (Å²) in [5, 5.41) is 7.93. The van der Waals surface area contributed by atoms with Gasteiger partial charge in [-0.05, 0) is 42.0 Å². The van der Waals surface area contributed by atoms with Gasteiger partial charge in [0.15, 0.2) is 5.82 Å². The summed E-state index contributed by atoms with van der Waals surface area (Å²) in [5.41, 5.74) is 7.22. The summed E-state index contributed by atoms with van der Waals surface area (Å²) in [6.07, 6.45) is 0.299. The van der Waals surface area contributed by atoms with E-state index in [1.54, 1.807) is 41.3 Å². The molecule has 0 bridgehead atoms. The number of aromatic nitrogens is 5. The molecule has 2 saturated heterocycles. The Kier molecular flexibility index (Phi) is 8.16. The number of H-pyrrole nitrogens is 1. The van der Waals surface area contributed by atoms with Crippen LogP contribution in [-0.4, -0.2) is 88.4 Å².